The van der Waals surface area contributed by atoms with Crippen LogP contribution in [0, 0.1) is 0 Å². The lowest BCUT2D eigenvalue weighted by atomic mass is 10.1. The lowest BCUT2D eigenvalue weighted by Crippen LogP contribution is -2.42. The molecule has 2 atom stereocenters. The molecule has 0 radical (unpaired) electrons. The predicted molar refractivity (Wildman–Crippen MR) is 85.3 cm³/mol. The van der Waals surface area contributed by atoms with Crippen LogP contribution in [0.1, 0.15) is 36.5 Å². The fourth-order valence-corrected chi connectivity index (χ4v) is 3.32. The molecule has 2 saturated heterocycles. The molecular formula is C16H23ClN2O2. The van der Waals surface area contributed by atoms with E-state index in [2.05, 4.69) is 10.2 Å². The van der Waals surface area contributed by atoms with Crippen LogP contribution in [0.3, 0.4) is 0 Å². The van der Waals surface area contributed by atoms with Crippen molar-refractivity contribution in [2.75, 3.05) is 19.7 Å². The second kappa shape index (κ2) is 7.14. The highest BCUT2D eigenvalue weighted by atomic mass is 35.5. The first-order valence-electron chi connectivity index (χ1n) is 7.56. The third-order valence-corrected chi connectivity index (χ3v) is 4.30. The van der Waals surface area contributed by atoms with E-state index >= 15 is 0 Å². The molecule has 0 aromatic heterocycles. The Kier molecular flexibility index (Phi) is 5.48. The molecule has 2 heterocycles. The van der Waals surface area contributed by atoms with Gasteiger partial charge in [-0.1, -0.05) is 0 Å². The van der Waals surface area contributed by atoms with E-state index in [9.17, 15) is 4.79 Å². The Bertz CT molecular complexity index is 464. The fourth-order valence-electron chi connectivity index (χ4n) is 3.32. The molecule has 2 fully saturated rings. The molecule has 0 spiro atoms. The topological polar surface area (TPSA) is 41.6 Å². The van der Waals surface area contributed by atoms with Crippen molar-refractivity contribution in [1.82, 2.24) is 10.2 Å². The first kappa shape index (κ1) is 16.1. The summed E-state index contributed by atoms with van der Waals surface area (Å²) in [5.74, 6) is 0.994. The molecule has 0 saturated carbocycles. The molecule has 21 heavy (non-hydrogen) atoms. The van der Waals surface area contributed by atoms with Crippen molar-refractivity contribution in [3.63, 3.8) is 0 Å². The highest BCUT2D eigenvalue weighted by Crippen LogP contribution is 2.29. The summed E-state index contributed by atoms with van der Waals surface area (Å²) in [6.07, 6.45) is 3.34. The number of nitrogens with zero attached hydrogens (tertiary/aromatic N) is 1. The second-order valence-electron chi connectivity index (χ2n) is 5.55. The zero-order valence-electron chi connectivity index (χ0n) is 12.4. The van der Waals surface area contributed by atoms with Crippen LogP contribution in [-0.4, -0.2) is 42.6 Å². The van der Waals surface area contributed by atoms with E-state index in [1.807, 2.05) is 31.2 Å². The Morgan fingerprint density at radius 1 is 1.24 bits per heavy atom. The predicted octanol–water partition coefficient (Wildman–Crippen LogP) is 2.47. The number of carbonyl (C=O) groups is 1. The zero-order valence-corrected chi connectivity index (χ0v) is 13.2. The van der Waals surface area contributed by atoms with Gasteiger partial charge in [0.2, 0.25) is 0 Å². The minimum atomic E-state index is 0. The van der Waals surface area contributed by atoms with Crippen LogP contribution in [0.25, 0.3) is 0 Å². The van der Waals surface area contributed by atoms with Crippen molar-refractivity contribution in [2.24, 2.45) is 0 Å². The number of rotatable bonds is 3. The van der Waals surface area contributed by atoms with Gasteiger partial charge in [-0.15, -0.1) is 12.4 Å². The first-order chi connectivity index (χ1) is 9.79. The number of halogens is 1. The quantitative estimate of drug-likeness (QED) is 0.932. The van der Waals surface area contributed by atoms with E-state index in [0.717, 1.165) is 43.7 Å². The van der Waals surface area contributed by atoms with Crippen LogP contribution in [-0.2, 0) is 0 Å². The Hall–Kier alpha value is -1.26. The van der Waals surface area contributed by atoms with Gasteiger partial charge < -0.3 is 15.0 Å². The summed E-state index contributed by atoms with van der Waals surface area (Å²) < 4.78 is 5.43. The molecule has 4 nitrogen and oxygen atoms in total. The van der Waals surface area contributed by atoms with Gasteiger partial charge in [-0.3, -0.25) is 4.79 Å². The molecule has 2 unspecified atom stereocenters. The summed E-state index contributed by atoms with van der Waals surface area (Å²) in [6.45, 7) is 4.56. The third-order valence-electron chi connectivity index (χ3n) is 4.30. The number of fused-ring (bicyclic) bond motifs is 2. The SMILES string of the molecule is CCOc1ccc(C(=O)N2C3CCNCC2CC3)cc1.Cl. The lowest BCUT2D eigenvalue weighted by molar-refractivity contribution is 0.0680. The van der Waals surface area contributed by atoms with Crippen LogP contribution in [0.5, 0.6) is 5.75 Å². The van der Waals surface area contributed by atoms with Crippen LogP contribution in [0.4, 0.5) is 0 Å². The van der Waals surface area contributed by atoms with E-state index in [4.69, 9.17) is 4.74 Å². The molecule has 1 amide bonds. The largest absolute Gasteiger partial charge is 0.494 e. The Labute approximate surface area is 132 Å². The Morgan fingerprint density at radius 3 is 2.67 bits per heavy atom. The minimum Gasteiger partial charge on any atom is -0.494 e. The number of ether oxygens (including phenoxy) is 1. The van der Waals surface area contributed by atoms with Crippen LogP contribution in [0.2, 0.25) is 0 Å². The summed E-state index contributed by atoms with van der Waals surface area (Å²) in [5.41, 5.74) is 0.771. The van der Waals surface area contributed by atoms with Gasteiger partial charge in [0.15, 0.2) is 0 Å². The van der Waals surface area contributed by atoms with E-state index in [1.54, 1.807) is 0 Å². The Balaban J connectivity index is 0.00000161. The van der Waals surface area contributed by atoms with Crippen LogP contribution >= 0.6 is 12.4 Å². The highest BCUT2D eigenvalue weighted by molar-refractivity contribution is 5.95. The maximum atomic E-state index is 12.7. The van der Waals surface area contributed by atoms with E-state index in [0.29, 0.717) is 18.7 Å². The molecule has 1 N–H and O–H groups in total. The Morgan fingerprint density at radius 2 is 1.95 bits per heavy atom. The molecule has 116 valence electrons. The molecule has 1 aromatic rings. The van der Waals surface area contributed by atoms with E-state index in [-0.39, 0.29) is 18.3 Å². The van der Waals surface area contributed by atoms with Crippen LogP contribution < -0.4 is 10.1 Å². The van der Waals surface area contributed by atoms with Gasteiger partial charge in [-0.25, -0.2) is 0 Å². The van der Waals surface area contributed by atoms with Crippen molar-refractivity contribution < 1.29 is 9.53 Å². The number of nitrogens with one attached hydrogen (secondary N) is 1. The first-order valence-corrected chi connectivity index (χ1v) is 7.56. The van der Waals surface area contributed by atoms with Gasteiger partial charge in [0, 0.05) is 24.2 Å². The third kappa shape index (κ3) is 3.33. The van der Waals surface area contributed by atoms with Crippen molar-refractivity contribution in [1.29, 1.82) is 0 Å². The van der Waals surface area contributed by atoms with Crippen molar-refractivity contribution in [3.05, 3.63) is 29.8 Å². The molecule has 2 aliphatic heterocycles. The minimum absolute atomic E-state index is 0. The van der Waals surface area contributed by atoms with Gasteiger partial charge >= 0.3 is 0 Å². The molecule has 3 rings (SSSR count). The molecule has 2 aliphatic rings. The summed E-state index contributed by atoms with van der Waals surface area (Å²) in [5, 5.41) is 3.43. The number of hydrogen-bond acceptors (Lipinski definition) is 3. The average Bonchev–Trinajstić information content (AvgIpc) is 2.72. The van der Waals surface area contributed by atoms with Gasteiger partial charge in [0.25, 0.3) is 5.91 Å². The van der Waals surface area contributed by atoms with Gasteiger partial charge in [0.05, 0.1) is 6.61 Å². The monoisotopic (exact) mass is 310 g/mol. The summed E-state index contributed by atoms with van der Waals surface area (Å²) >= 11 is 0. The molecule has 2 bridgehead atoms. The van der Waals surface area contributed by atoms with Crippen LogP contribution in [0.15, 0.2) is 24.3 Å². The van der Waals surface area contributed by atoms with E-state index in [1.165, 1.54) is 0 Å². The van der Waals surface area contributed by atoms with Gasteiger partial charge in [0.1, 0.15) is 5.75 Å². The normalized spacial score (nSPS) is 24.1. The maximum absolute atomic E-state index is 12.7. The maximum Gasteiger partial charge on any atom is 0.254 e. The standard InChI is InChI=1S/C16H22N2O2.ClH/c1-2-20-15-7-3-12(4-8-15)16(19)18-13-5-6-14(18)11-17-10-9-13;/h3-4,7-8,13-14,17H,2,5-6,9-11H2,1H3;1H. The average molecular weight is 311 g/mol. The number of hydrogen-bond donors (Lipinski definition) is 1. The number of benzene rings is 1. The smallest absolute Gasteiger partial charge is 0.254 e. The van der Waals surface area contributed by atoms with E-state index < -0.39 is 0 Å². The van der Waals surface area contributed by atoms with Crippen molar-refractivity contribution in [3.8, 4) is 5.75 Å². The van der Waals surface area contributed by atoms with Crippen molar-refractivity contribution >= 4 is 18.3 Å². The molecule has 5 heteroatoms. The lowest BCUT2D eigenvalue weighted by Gasteiger charge is -2.28. The zero-order chi connectivity index (χ0) is 13.9. The van der Waals surface area contributed by atoms with Gasteiger partial charge in [-0.2, -0.15) is 0 Å². The van der Waals surface area contributed by atoms with Gasteiger partial charge in [-0.05, 0) is 57.0 Å². The number of amides is 1. The molecule has 1 aromatic carbocycles. The highest BCUT2D eigenvalue weighted by Gasteiger charge is 2.38. The molecular weight excluding hydrogens is 288 g/mol. The van der Waals surface area contributed by atoms with Crippen molar-refractivity contribution in [2.45, 2.75) is 38.3 Å². The fraction of sp³-hybridized carbons (Fsp3) is 0.562. The summed E-state index contributed by atoms with van der Waals surface area (Å²) in [7, 11) is 0. The summed E-state index contributed by atoms with van der Waals surface area (Å²) in [4.78, 5) is 14.8. The summed E-state index contributed by atoms with van der Waals surface area (Å²) in [6, 6.07) is 8.30. The molecule has 0 aliphatic carbocycles. The second-order valence-corrected chi connectivity index (χ2v) is 5.55. The number of carbonyl (C=O) groups excluding carboxylic acids is 1.